The van der Waals surface area contributed by atoms with Crippen molar-refractivity contribution in [3.8, 4) is 6.07 Å². The Morgan fingerprint density at radius 2 is 2.20 bits per heavy atom. The molecule has 0 spiro atoms. The highest BCUT2D eigenvalue weighted by Gasteiger charge is 2.21. The maximum absolute atomic E-state index is 12.3. The second-order valence-corrected chi connectivity index (χ2v) is 7.77. The average molecular weight is 374 g/mol. The molecule has 25 heavy (non-hydrogen) atoms. The third kappa shape index (κ3) is 4.21. The highest BCUT2D eigenvalue weighted by molar-refractivity contribution is 7.16. The van der Waals surface area contributed by atoms with Crippen LogP contribution in [-0.4, -0.2) is 12.5 Å². The van der Waals surface area contributed by atoms with E-state index in [0.29, 0.717) is 15.6 Å². The number of fused-ring (bicyclic) bond motifs is 1. The number of nitrogens with zero attached hydrogens (tertiary/aromatic N) is 1. The second kappa shape index (κ2) is 8.01. The van der Waals surface area contributed by atoms with Gasteiger partial charge in [0.05, 0.1) is 12.1 Å². The zero-order valence-corrected chi connectivity index (χ0v) is 15.6. The number of nitriles is 1. The summed E-state index contributed by atoms with van der Waals surface area (Å²) < 4.78 is 0. The molecule has 1 aromatic heterocycles. The maximum Gasteiger partial charge on any atom is 0.238 e. The SMILES string of the molecule is C[C@@H](NCC(=O)Nc1sc2c(c1C#N)CCCC2)c1cccc(Cl)c1. The summed E-state index contributed by atoms with van der Waals surface area (Å²) in [6.45, 7) is 2.17. The van der Waals surface area contributed by atoms with Crippen molar-refractivity contribution in [2.75, 3.05) is 11.9 Å². The number of rotatable bonds is 5. The molecule has 3 rings (SSSR count). The number of carbonyl (C=O) groups is 1. The van der Waals surface area contributed by atoms with Gasteiger partial charge in [-0.15, -0.1) is 11.3 Å². The minimum atomic E-state index is -0.135. The Balaban J connectivity index is 1.62. The van der Waals surface area contributed by atoms with Gasteiger partial charge >= 0.3 is 0 Å². The van der Waals surface area contributed by atoms with Gasteiger partial charge in [-0.2, -0.15) is 5.26 Å². The lowest BCUT2D eigenvalue weighted by Crippen LogP contribution is -2.30. The Labute approximate surface area is 156 Å². The van der Waals surface area contributed by atoms with Crippen LogP contribution >= 0.6 is 22.9 Å². The van der Waals surface area contributed by atoms with E-state index in [1.165, 1.54) is 4.88 Å². The second-order valence-electron chi connectivity index (χ2n) is 6.23. The predicted molar refractivity (Wildman–Crippen MR) is 102 cm³/mol. The van der Waals surface area contributed by atoms with E-state index < -0.39 is 0 Å². The average Bonchev–Trinajstić information content (AvgIpc) is 2.96. The van der Waals surface area contributed by atoms with Gasteiger partial charge in [0.1, 0.15) is 11.1 Å². The molecule has 1 atom stereocenters. The van der Waals surface area contributed by atoms with Crippen molar-refractivity contribution in [1.29, 1.82) is 5.26 Å². The Bertz CT molecular complexity index is 825. The van der Waals surface area contributed by atoms with E-state index in [1.54, 1.807) is 11.3 Å². The minimum absolute atomic E-state index is 0.0106. The van der Waals surface area contributed by atoms with Crippen molar-refractivity contribution >= 4 is 33.8 Å². The lowest BCUT2D eigenvalue weighted by atomic mass is 9.96. The van der Waals surface area contributed by atoms with E-state index >= 15 is 0 Å². The molecule has 0 bridgehead atoms. The molecular weight excluding hydrogens is 354 g/mol. The molecule has 2 aromatic rings. The van der Waals surface area contributed by atoms with E-state index in [1.807, 2.05) is 31.2 Å². The zero-order valence-electron chi connectivity index (χ0n) is 14.1. The van der Waals surface area contributed by atoms with Crippen molar-refractivity contribution in [3.63, 3.8) is 0 Å². The van der Waals surface area contributed by atoms with E-state index in [4.69, 9.17) is 11.6 Å². The van der Waals surface area contributed by atoms with Crippen molar-refractivity contribution in [2.45, 2.75) is 38.6 Å². The molecule has 1 aromatic carbocycles. The number of thiophene rings is 1. The van der Waals surface area contributed by atoms with Gasteiger partial charge in [-0.3, -0.25) is 4.79 Å². The normalized spacial score (nSPS) is 14.4. The molecule has 1 heterocycles. The first-order valence-electron chi connectivity index (χ1n) is 8.42. The number of hydrogen-bond donors (Lipinski definition) is 2. The van der Waals surface area contributed by atoms with Gasteiger partial charge in [0, 0.05) is 15.9 Å². The summed E-state index contributed by atoms with van der Waals surface area (Å²) in [6, 6.07) is 9.86. The first kappa shape index (κ1) is 17.9. The van der Waals surface area contributed by atoms with Crippen LogP contribution in [0.4, 0.5) is 5.00 Å². The predicted octanol–water partition coefficient (Wildman–Crippen LogP) is 4.44. The molecule has 0 saturated heterocycles. The van der Waals surface area contributed by atoms with Crippen LogP contribution in [0.15, 0.2) is 24.3 Å². The summed E-state index contributed by atoms with van der Waals surface area (Å²) in [7, 11) is 0. The topological polar surface area (TPSA) is 64.9 Å². The first-order chi connectivity index (χ1) is 12.1. The van der Waals surface area contributed by atoms with E-state index in [9.17, 15) is 10.1 Å². The molecule has 0 unspecified atom stereocenters. The van der Waals surface area contributed by atoms with Crippen LogP contribution < -0.4 is 10.6 Å². The van der Waals surface area contributed by atoms with E-state index in [-0.39, 0.29) is 18.5 Å². The number of carbonyl (C=O) groups excluding carboxylic acids is 1. The lowest BCUT2D eigenvalue weighted by Gasteiger charge is -2.14. The molecule has 2 N–H and O–H groups in total. The zero-order chi connectivity index (χ0) is 17.8. The van der Waals surface area contributed by atoms with Gasteiger partial charge < -0.3 is 10.6 Å². The molecule has 1 amide bonds. The lowest BCUT2D eigenvalue weighted by molar-refractivity contribution is -0.115. The van der Waals surface area contributed by atoms with Crippen LogP contribution in [-0.2, 0) is 17.6 Å². The standard InChI is InChI=1S/C19H20ClN3OS/c1-12(13-5-4-6-14(20)9-13)22-11-18(24)23-19-16(10-21)15-7-2-3-8-17(15)25-19/h4-6,9,12,22H,2-3,7-8,11H2,1H3,(H,23,24)/t12-/m1/s1. The van der Waals surface area contributed by atoms with Crippen LogP contribution in [0.2, 0.25) is 5.02 Å². The Kier molecular flexibility index (Phi) is 5.74. The number of nitrogens with one attached hydrogen (secondary N) is 2. The van der Waals surface area contributed by atoms with Crippen LogP contribution in [0, 0.1) is 11.3 Å². The van der Waals surface area contributed by atoms with Gasteiger partial charge in [0.25, 0.3) is 0 Å². The van der Waals surface area contributed by atoms with Gasteiger partial charge in [0.15, 0.2) is 0 Å². The molecule has 1 aliphatic carbocycles. The van der Waals surface area contributed by atoms with Crippen LogP contribution in [0.25, 0.3) is 0 Å². The molecule has 0 fully saturated rings. The Hall–Kier alpha value is -1.87. The number of benzene rings is 1. The quantitative estimate of drug-likeness (QED) is 0.814. The fraction of sp³-hybridized carbons (Fsp3) is 0.368. The molecule has 4 nitrogen and oxygen atoms in total. The first-order valence-corrected chi connectivity index (χ1v) is 9.61. The smallest absolute Gasteiger partial charge is 0.238 e. The Morgan fingerprint density at radius 3 is 2.96 bits per heavy atom. The molecule has 0 aliphatic heterocycles. The summed E-state index contributed by atoms with van der Waals surface area (Å²) in [5.41, 5.74) is 2.81. The summed E-state index contributed by atoms with van der Waals surface area (Å²) in [6.07, 6.45) is 4.22. The number of amides is 1. The van der Waals surface area contributed by atoms with Crippen LogP contribution in [0.3, 0.4) is 0 Å². The molecular formula is C19H20ClN3OS. The fourth-order valence-electron chi connectivity index (χ4n) is 3.08. The largest absolute Gasteiger partial charge is 0.315 e. The number of hydrogen-bond acceptors (Lipinski definition) is 4. The maximum atomic E-state index is 12.3. The highest BCUT2D eigenvalue weighted by Crippen LogP contribution is 2.37. The van der Waals surface area contributed by atoms with Gasteiger partial charge in [-0.25, -0.2) is 0 Å². The van der Waals surface area contributed by atoms with E-state index in [0.717, 1.165) is 36.8 Å². The van der Waals surface area contributed by atoms with Gasteiger partial charge in [-0.05, 0) is 55.9 Å². The third-order valence-electron chi connectivity index (χ3n) is 4.45. The molecule has 6 heteroatoms. The number of anilines is 1. The number of aryl methyl sites for hydroxylation is 1. The van der Waals surface area contributed by atoms with Crippen LogP contribution in [0.5, 0.6) is 0 Å². The summed E-state index contributed by atoms with van der Waals surface area (Å²) in [5, 5.41) is 16.9. The summed E-state index contributed by atoms with van der Waals surface area (Å²) >= 11 is 7.55. The Morgan fingerprint density at radius 1 is 1.40 bits per heavy atom. The molecule has 0 radical (unpaired) electrons. The van der Waals surface area contributed by atoms with Gasteiger partial charge in [-0.1, -0.05) is 23.7 Å². The molecule has 130 valence electrons. The monoisotopic (exact) mass is 373 g/mol. The van der Waals surface area contributed by atoms with E-state index in [2.05, 4.69) is 16.7 Å². The summed E-state index contributed by atoms with van der Waals surface area (Å²) in [4.78, 5) is 13.5. The highest BCUT2D eigenvalue weighted by atomic mass is 35.5. The van der Waals surface area contributed by atoms with Crippen molar-refractivity contribution in [3.05, 3.63) is 50.9 Å². The van der Waals surface area contributed by atoms with Gasteiger partial charge in [0.2, 0.25) is 5.91 Å². The van der Waals surface area contributed by atoms with Crippen molar-refractivity contribution in [1.82, 2.24) is 5.32 Å². The van der Waals surface area contributed by atoms with Crippen molar-refractivity contribution < 1.29 is 4.79 Å². The number of halogens is 1. The van der Waals surface area contributed by atoms with Crippen LogP contribution in [0.1, 0.15) is 47.4 Å². The molecule has 1 aliphatic rings. The third-order valence-corrected chi connectivity index (χ3v) is 5.90. The van der Waals surface area contributed by atoms with Crippen molar-refractivity contribution in [2.24, 2.45) is 0 Å². The fourth-order valence-corrected chi connectivity index (χ4v) is 4.54. The minimum Gasteiger partial charge on any atom is -0.315 e. The summed E-state index contributed by atoms with van der Waals surface area (Å²) in [5.74, 6) is -0.135. The molecule has 0 saturated carbocycles.